The number of anilines is 1. The van der Waals surface area contributed by atoms with Crippen molar-refractivity contribution in [3.8, 4) is 23.0 Å². The molecule has 0 fully saturated rings. The van der Waals surface area contributed by atoms with E-state index in [1.807, 2.05) is 41.9 Å². The van der Waals surface area contributed by atoms with Crippen LogP contribution in [-0.4, -0.2) is 34.9 Å². The van der Waals surface area contributed by atoms with E-state index in [0.717, 1.165) is 23.2 Å². The fraction of sp³-hybridized carbons (Fsp3) is 0.194. The van der Waals surface area contributed by atoms with Gasteiger partial charge in [-0.15, -0.1) is 0 Å². The van der Waals surface area contributed by atoms with Crippen LogP contribution in [0.5, 0.6) is 23.0 Å². The largest absolute Gasteiger partial charge is 0.493 e. The number of fused-ring (bicyclic) bond motifs is 1. The number of halogens is 1. The summed E-state index contributed by atoms with van der Waals surface area (Å²) in [5.41, 5.74) is 3.90. The van der Waals surface area contributed by atoms with Gasteiger partial charge in [0.2, 0.25) is 5.91 Å². The topological polar surface area (TPSA) is 87.5 Å². The maximum Gasteiger partial charge on any atom is 0.228 e. The Bertz CT molecular complexity index is 1650. The van der Waals surface area contributed by atoms with Crippen LogP contribution in [0.2, 0.25) is 0 Å². The summed E-state index contributed by atoms with van der Waals surface area (Å²) < 4.78 is 33.6. The lowest BCUT2D eigenvalue weighted by atomic mass is 10.1. The van der Waals surface area contributed by atoms with E-state index in [9.17, 15) is 4.79 Å². The van der Waals surface area contributed by atoms with Gasteiger partial charge in [-0.25, -0.2) is 4.39 Å². The van der Waals surface area contributed by atoms with E-state index in [0.29, 0.717) is 40.4 Å². The number of methoxy groups -OCH3 is 2. The van der Waals surface area contributed by atoms with E-state index in [4.69, 9.17) is 14.2 Å². The SMILES string of the molecule is CCc1c(CC(=O)Nc2ccc(Oc3ccnc4cc(OC)c(OC)cc34)c(F)c2)cnn1Cc1ccccc1. The van der Waals surface area contributed by atoms with Crippen LogP contribution in [-0.2, 0) is 24.2 Å². The van der Waals surface area contributed by atoms with E-state index >= 15 is 4.39 Å². The van der Waals surface area contributed by atoms with E-state index < -0.39 is 5.82 Å². The highest BCUT2D eigenvalue weighted by Gasteiger charge is 2.16. The van der Waals surface area contributed by atoms with Gasteiger partial charge in [-0.1, -0.05) is 37.3 Å². The van der Waals surface area contributed by atoms with Crippen molar-refractivity contribution >= 4 is 22.5 Å². The van der Waals surface area contributed by atoms with Gasteiger partial charge in [0.1, 0.15) is 5.75 Å². The van der Waals surface area contributed by atoms with Gasteiger partial charge in [0.15, 0.2) is 23.1 Å². The Balaban J connectivity index is 1.28. The van der Waals surface area contributed by atoms with Gasteiger partial charge < -0.3 is 19.5 Å². The molecule has 0 aliphatic carbocycles. The zero-order valence-electron chi connectivity index (χ0n) is 22.5. The van der Waals surface area contributed by atoms with Gasteiger partial charge in [-0.2, -0.15) is 5.10 Å². The second kappa shape index (κ2) is 11.9. The maximum atomic E-state index is 15.1. The standard InChI is InChI=1S/C31H29FN4O4/c1-4-26-21(18-34-36(26)19-20-8-6-5-7-9-20)14-31(37)35-22-10-11-28(24(32)15-22)40-27-12-13-33-25-17-30(39-3)29(38-2)16-23(25)27/h5-13,15-18H,4,14,19H2,1-3H3,(H,35,37). The minimum atomic E-state index is -0.617. The van der Waals surface area contributed by atoms with Crippen LogP contribution in [0.4, 0.5) is 10.1 Å². The average molecular weight is 541 g/mol. The number of hydrogen-bond acceptors (Lipinski definition) is 6. The molecule has 0 saturated heterocycles. The number of carbonyl (C=O) groups excluding carboxylic acids is 1. The molecule has 3 aromatic carbocycles. The maximum absolute atomic E-state index is 15.1. The number of carbonyl (C=O) groups is 1. The fourth-order valence-corrected chi connectivity index (χ4v) is 4.59. The average Bonchev–Trinajstić information content (AvgIpc) is 3.34. The van der Waals surface area contributed by atoms with Crippen molar-refractivity contribution in [2.24, 2.45) is 0 Å². The summed E-state index contributed by atoms with van der Waals surface area (Å²) in [6.07, 6.45) is 4.16. The Hall–Kier alpha value is -4.92. The molecule has 2 heterocycles. The van der Waals surface area contributed by atoms with Crippen molar-refractivity contribution in [1.29, 1.82) is 0 Å². The monoisotopic (exact) mass is 540 g/mol. The highest BCUT2D eigenvalue weighted by molar-refractivity contribution is 5.92. The molecule has 0 aliphatic rings. The predicted molar refractivity (Wildman–Crippen MR) is 151 cm³/mol. The van der Waals surface area contributed by atoms with Crippen molar-refractivity contribution in [1.82, 2.24) is 14.8 Å². The molecule has 0 bridgehead atoms. The molecule has 0 spiro atoms. The number of amides is 1. The third-order valence-electron chi connectivity index (χ3n) is 6.54. The van der Waals surface area contributed by atoms with Crippen LogP contribution < -0.4 is 19.5 Å². The molecule has 40 heavy (non-hydrogen) atoms. The smallest absolute Gasteiger partial charge is 0.228 e. The lowest BCUT2D eigenvalue weighted by molar-refractivity contribution is -0.115. The molecule has 5 rings (SSSR count). The normalized spacial score (nSPS) is 10.9. The molecule has 1 amide bonds. The molecular formula is C31H29FN4O4. The number of nitrogens with zero attached hydrogens (tertiary/aromatic N) is 3. The lowest BCUT2D eigenvalue weighted by Gasteiger charge is -2.13. The Morgan fingerprint density at radius 1 is 0.950 bits per heavy atom. The molecule has 0 aliphatic heterocycles. The first kappa shape index (κ1) is 26.7. The van der Waals surface area contributed by atoms with Gasteiger partial charge in [0.05, 0.1) is 38.9 Å². The van der Waals surface area contributed by atoms with Gasteiger partial charge in [0, 0.05) is 40.7 Å². The van der Waals surface area contributed by atoms with Gasteiger partial charge in [-0.05, 0) is 36.2 Å². The zero-order valence-corrected chi connectivity index (χ0v) is 22.5. The van der Waals surface area contributed by atoms with Crippen LogP contribution in [0.1, 0.15) is 23.7 Å². The first-order valence-electron chi connectivity index (χ1n) is 12.8. The number of benzene rings is 3. The van der Waals surface area contributed by atoms with Crippen molar-refractivity contribution in [3.63, 3.8) is 0 Å². The summed E-state index contributed by atoms with van der Waals surface area (Å²) in [5.74, 6) is 0.567. The number of aromatic nitrogens is 3. The predicted octanol–water partition coefficient (Wildman–Crippen LogP) is 6.17. The lowest BCUT2D eigenvalue weighted by Crippen LogP contribution is -2.16. The number of pyridine rings is 1. The summed E-state index contributed by atoms with van der Waals surface area (Å²) in [5, 5.41) is 7.90. The third kappa shape index (κ3) is 5.73. The summed E-state index contributed by atoms with van der Waals surface area (Å²) in [7, 11) is 3.08. The molecule has 0 atom stereocenters. The Kier molecular flexibility index (Phi) is 7.91. The quantitative estimate of drug-likeness (QED) is 0.228. The Labute approximate surface area is 231 Å². The molecular weight excluding hydrogens is 511 g/mol. The van der Waals surface area contributed by atoms with Crippen LogP contribution >= 0.6 is 0 Å². The molecule has 9 heteroatoms. The van der Waals surface area contributed by atoms with Crippen LogP contribution in [0.25, 0.3) is 10.9 Å². The van der Waals surface area contributed by atoms with E-state index in [1.54, 1.807) is 43.8 Å². The van der Waals surface area contributed by atoms with Crippen molar-refractivity contribution in [3.05, 3.63) is 102 Å². The van der Waals surface area contributed by atoms with E-state index in [-0.39, 0.29) is 18.1 Å². The molecule has 0 saturated carbocycles. The molecule has 1 N–H and O–H groups in total. The first-order chi connectivity index (χ1) is 19.5. The number of ether oxygens (including phenoxy) is 3. The second-order valence-electron chi connectivity index (χ2n) is 9.12. The first-order valence-corrected chi connectivity index (χ1v) is 12.8. The summed E-state index contributed by atoms with van der Waals surface area (Å²) >= 11 is 0. The molecule has 0 radical (unpaired) electrons. The fourth-order valence-electron chi connectivity index (χ4n) is 4.59. The van der Waals surface area contributed by atoms with Gasteiger partial charge in [-0.3, -0.25) is 14.5 Å². The zero-order chi connectivity index (χ0) is 28.1. The minimum absolute atomic E-state index is 0.00995. The van der Waals surface area contributed by atoms with Crippen molar-refractivity contribution < 1.29 is 23.4 Å². The summed E-state index contributed by atoms with van der Waals surface area (Å²) in [4.78, 5) is 17.2. The van der Waals surface area contributed by atoms with Crippen LogP contribution in [0, 0.1) is 5.82 Å². The van der Waals surface area contributed by atoms with Gasteiger partial charge in [0.25, 0.3) is 0 Å². The van der Waals surface area contributed by atoms with E-state index in [2.05, 4.69) is 15.4 Å². The molecule has 8 nitrogen and oxygen atoms in total. The second-order valence-corrected chi connectivity index (χ2v) is 9.12. The molecule has 0 unspecified atom stereocenters. The Morgan fingerprint density at radius 3 is 2.45 bits per heavy atom. The van der Waals surface area contributed by atoms with Crippen molar-refractivity contribution in [2.45, 2.75) is 26.3 Å². The molecule has 5 aromatic rings. The minimum Gasteiger partial charge on any atom is -0.493 e. The van der Waals surface area contributed by atoms with E-state index in [1.165, 1.54) is 19.2 Å². The summed E-state index contributed by atoms with van der Waals surface area (Å²) in [6, 6.07) is 19.5. The van der Waals surface area contributed by atoms with Crippen LogP contribution in [0.15, 0.2) is 79.1 Å². The van der Waals surface area contributed by atoms with Crippen molar-refractivity contribution in [2.75, 3.05) is 19.5 Å². The highest BCUT2D eigenvalue weighted by Crippen LogP contribution is 2.37. The third-order valence-corrected chi connectivity index (χ3v) is 6.54. The van der Waals surface area contributed by atoms with Crippen LogP contribution in [0.3, 0.4) is 0 Å². The number of hydrogen-bond donors (Lipinski definition) is 1. The van der Waals surface area contributed by atoms with Gasteiger partial charge >= 0.3 is 0 Å². The Morgan fingerprint density at radius 2 is 1.73 bits per heavy atom. The number of nitrogens with one attached hydrogen (secondary N) is 1. The summed E-state index contributed by atoms with van der Waals surface area (Å²) in [6.45, 7) is 2.66. The molecule has 204 valence electrons. The highest BCUT2D eigenvalue weighted by atomic mass is 19.1. The number of rotatable bonds is 10. The molecule has 2 aromatic heterocycles.